The van der Waals surface area contributed by atoms with Crippen molar-refractivity contribution in [1.82, 2.24) is 10.2 Å². The number of aromatic amines is 1. The molecule has 7 nitrogen and oxygen atoms in total. The Labute approximate surface area is 174 Å². The Morgan fingerprint density at radius 2 is 1.67 bits per heavy atom. The smallest absolute Gasteiger partial charge is 0.203 e. The molecule has 1 aliphatic carbocycles. The molecule has 1 heterocycles. The number of aromatic nitrogens is 2. The molecule has 4 rings (SSSR count). The zero-order chi connectivity index (χ0) is 21.3. The molecule has 0 atom stereocenters. The molecule has 1 aliphatic rings. The molecular weight excluding hydrogens is 384 g/mol. The zero-order valence-electron chi connectivity index (χ0n) is 17.2. The average molecular weight is 406 g/mol. The highest BCUT2D eigenvalue weighted by Gasteiger charge is 2.25. The number of rotatable bonds is 6. The summed E-state index contributed by atoms with van der Waals surface area (Å²) in [6.45, 7) is 0. The van der Waals surface area contributed by atoms with Gasteiger partial charge in [-0.2, -0.15) is 5.10 Å². The maximum Gasteiger partial charge on any atom is 0.203 e. The van der Waals surface area contributed by atoms with Gasteiger partial charge in [0.05, 0.1) is 39.8 Å². The summed E-state index contributed by atoms with van der Waals surface area (Å²) in [6.07, 6.45) is 2.40. The second-order valence-electron chi connectivity index (χ2n) is 6.82. The molecule has 0 saturated heterocycles. The summed E-state index contributed by atoms with van der Waals surface area (Å²) in [5, 5.41) is 7.37. The van der Waals surface area contributed by atoms with Crippen LogP contribution in [0.5, 0.6) is 23.0 Å². The van der Waals surface area contributed by atoms with Gasteiger partial charge in [-0.3, -0.25) is 9.89 Å². The van der Waals surface area contributed by atoms with Gasteiger partial charge in [-0.15, -0.1) is 0 Å². The number of carbonyl (C=O) groups is 1. The van der Waals surface area contributed by atoms with E-state index < -0.39 is 0 Å². The summed E-state index contributed by atoms with van der Waals surface area (Å²) in [5.74, 6) is 2.38. The van der Waals surface area contributed by atoms with Crippen LogP contribution in [0.1, 0.15) is 21.6 Å². The number of ketones is 1. The summed E-state index contributed by atoms with van der Waals surface area (Å²) in [5.41, 5.74) is 4.63. The number of methoxy groups -OCH3 is 4. The molecule has 0 unspecified atom stereocenters. The summed E-state index contributed by atoms with van der Waals surface area (Å²) < 4.78 is 21.5. The van der Waals surface area contributed by atoms with Gasteiger partial charge in [0.1, 0.15) is 5.75 Å². The fourth-order valence-corrected chi connectivity index (χ4v) is 3.61. The predicted molar refractivity (Wildman–Crippen MR) is 113 cm³/mol. The van der Waals surface area contributed by atoms with E-state index in [2.05, 4.69) is 10.2 Å². The van der Waals surface area contributed by atoms with Crippen molar-refractivity contribution in [2.45, 2.75) is 6.42 Å². The first-order chi connectivity index (χ1) is 14.6. The minimum atomic E-state index is 0.0246. The lowest BCUT2D eigenvalue weighted by Gasteiger charge is -2.13. The van der Waals surface area contributed by atoms with Crippen LogP contribution in [0.3, 0.4) is 0 Å². The van der Waals surface area contributed by atoms with E-state index in [1.807, 2.05) is 36.4 Å². The highest BCUT2D eigenvalue weighted by Crippen LogP contribution is 2.41. The number of hydrogen-bond acceptors (Lipinski definition) is 6. The van der Waals surface area contributed by atoms with Crippen LogP contribution in [0.25, 0.3) is 17.3 Å². The van der Waals surface area contributed by atoms with Crippen molar-refractivity contribution in [3.8, 4) is 34.3 Å². The van der Waals surface area contributed by atoms with Gasteiger partial charge >= 0.3 is 0 Å². The van der Waals surface area contributed by atoms with Crippen molar-refractivity contribution in [2.24, 2.45) is 0 Å². The maximum absolute atomic E-state index is 12.7. The van der Waals surface area contributed by atoms with Crippen LogP contribution in [0.15, 0.2) is 42.0 Å². The van der Waals surface area contributed by atoms with E-state index in [1.54, 1.807) is 34.5 Å². The van der Waals surface area contributed by atoms with Gasteiger partial charge in [0.25, 0.3) is 0 Å². The Balaban J connectivity index is 1.65. The van der Waals surface area contributed by atoms with Crippen LogP contribution < -0.4 is 18.9 Å². The van der Waals surface area contributed by atoms with Gasteiger partial charge in [-0.1, -0.05) is 0 Å². The van der Waals surface area contributed by atoms with Crippen molar-refractivity contribution in [3.63, 3.8) is 0 Å². The number of nitrogens with zero attached hydrogens (tertiary/aromatic N) is 1. The molecule has 1 aromatic heterocycles. The first-order valence-electron chi connectivity index (χ1n) is 9.36. The Morgan fingerprint density at radius 1 is 0.933 bits per heavy atom. The molecule has 0 bridgehead atoms. The third-order valence-electron chi connectivity index (χ3n) is 5.12. The number of H-pyrrole nitrogens is 1. The van der Waals surface area contributed by atoms with E-state index in [4.69, 9.17) is 18.9 Å². The predicted octanol–water partition coefficient (Wildman–Crippen LogP) is 3.93. The number of fused-ring (bicyclic) bond motifs is 1. The van der Waals surface area contributed by atoms with Crippen molar-refractivity contribution in [3.05, 3.63) is 58.8 Å². The van der Waals surface area contributed by atoms with Gasteiger partial charge in [-0.25, -0.2) is 0 Å². The largest absolute Gasteiger partial charge is 0.497 e. The van der Waals surface area contributed by atoms with E-state index in [0.717, 1.165) is 22.6 Å². The molecule has 0 aliphatic heterocycles. The minimum Gasteiger partial charge on any atom is -0.497 e. The van der Waals surface area contributed by atoms with Gasteiger partial charge in [0.2, 0.25) is 5.75 Å². The van der Waals surface area contributed by atoms with Crippen LogP contribution in [-0.2, 0) is 6.42 Å². The molecule has 3 aromatic rings. The van der Waals surface area contributed by atoms with Crippen LogP contribution >= 0.6 is 0 Å². The topological polar surface area (TPSA) is 82.7 Å². The lowest BCUT2D eigenvalue weighted by Crippen LogP contribution is -1.95. The van der Waals surface area contributed by atoms with Crippen LogP contribution in [0, 0.1) is 0 Å². The molecular formula is C23H22N2O5. The van der Waals surface area contributed by atoms with E-state index >= 15 is 0 Å². The second-order valence-corrected chi connectivity index (χ2v) is 6.82. The van der Waals surface area contributed by atoms with Gasteiger partial charge < -0.3 is 18.9 Å². The number of allylic oxidation sites excluding steroid dienone is 1. The number of hydrogen-bond donors (Lipinski definition) is 1. The maximum atomic E-state index is 12.7. The lowest BCUT2D eigenvalue weighted by molar-refractivity contribution is 0.104. The van der Waals surface area contributed by atoms with Crippen molar-refractivity contribution in [2.75, 3.05) is 28.4 Å². The molecule has 2 aromatic carbocycles. The Hall–Kier alpha value is -3.74. The monoisotopic (exact) mass is 406 g/mol. The second kappa shape index (κ2) is 7.94. The standard InChI is InChI=1S/C23H22N2O5/c1-27-17-5-6-18-13(9-17)7-15(22(18)26)8-16-12-19(25-24-16)14-10-20(28-2)23(30-4)21(11-14)29-3/h5-6,8-12H,7H2,1-4H3,(H,24,25)/b15-8+. The molecule has 154 valence electrons. The number of nitrogens with one attached hydrogen (secondary N) is 1. The Morgan fingerprint density at radius 3 is 2.30 bits per heavy atom. The van der Waals surface area contributed by atoms with Gasteiger partial charge in [0, 0.05) is 23.1 Å². The van der Waals surface area contributed by atoms with Crippen molar-refractivity contribution < 1.29 is 23.7 Å². The van der Waals surface area contributed by atoms with Crippen molar-refractivity contribution >= 4 is 11.9 Å². The van der Waals surface area contributed by atoms with E-state index in [0.29, 0.717) is 40.5 Å². The Bertz CT molecular complexity index is 1120. The van der Waals surface area contributed by atoms with Crippen LogP contribution in [0.4, 0.5) is 0 Å². The lowest BCUT2D eigenvalue weighted by atomic mass is 10.1. The van der Waals surface area contributed by atoms with Crippen LogP contribution in [0.2, 0.25) is 0 Å². The van der Waals surface area contributed by atoms with E-state index in [-0.39, 0.29) is 5.78 Å². The highest BCUT2D eigenvalue weighted by molar-refractivity contribution is 6.15. The number of Topliss-reactive ketones (excluding diaryl/α,β-unsaturated/α-hetero) is 1. The third-order valence-corrected chi connectivity index (χ3v) is 5.12. The highest BCUT2D eigenvalue weighted by atomic mass is 16.5. The SMILES string of the molecule is COc1ccc2c(c1)C/C(=C\c1cc(-c3cc(OC)c(OC)c(OC)c3)n[nH]1)C2=O. The van der Waals surface area contributed by atoms with Gasteiger partial charge in [0.15, 0.2) is 17.3 Å². The number of benzene rings is 2. The van der Waals surface area contributed by atoms with E-state index in [1.165, 1.54) is 0 Å². The third kappa shape index (κ3) is 3.39. The van der Waals surface area contributed by atoms with E-state index in [9.17, 15) is 4.79 Å². The Kier molecular flexibility index (Phi) is 5.18. The molecule has 0 spiro atoms. The van der Waals surface area contributed by atoms with Crippen molar-refractivity contribution in [1.29, 1.82) is 0 Å². The summed E-state index contributed by atoms with van der Waals surface area (Å²) >= 11 is 0. The number of ether oxygens (including phenoxy) is 4. The first kappa shape index (κ1) is 19.6. The zero-order valence-corrected chi connectivity index (χ0v) is 17.2. The number of carbonyl (C=O) groups excluding carboxylic acids is 1. The molecule has 1 N–H and O–H groups in total. The summed E-state index contributed by atoms with van der Waals surface area (Å²) in [4.78, 5) is 12.7. The van der Waals surface area contributed by atoms with Gasteiger partial charge in [-0.05, 0) is 48.0 Å². The molecule has 30 heavy (non-hydrogen) atoms. The molecule has 0 amide bonds. The normalized spacial score (nSPS) is 14.0. The first-order valence-corrected chi connectivity index (χ1v) is 9.36. The summed E-state index contributed by atoms with van der Waals surface area (Å²) in [6, 6.07) is 11.1. The fraction of sp³-hybridized carbons (Fsp3) is 0.217. The average Bonchev–Trinajstić information content (AvgIpc) is 3.37. The quantitative estimate of drug-likeness (QED) is 0.625. The molecule has 7 heteroatoms. The molecule has 0 fully saturated rings. The molecule has 0 saturated carbocycles. The fourth-order valence-electron chi connectivity index (χ4n) is 3.61. The molecule has 0 radical (unpaired) electrons. The minimum absolute atomic E-state index is 0.0246. The summed E-state index contributed by atoms with van der Waals surface area (Å²) in [7, 11) is 6.31. The van der Waals surface area contributed by atoms with Crippen LogP contribution in [-0.4, -0.2) is 44.4 Å².